The first-order valence-electron chi connectivity index (χ1n) is 3.99. The smallest absolute Gasteiger partial charge is 0.142 e. The van der Waals surface area contributed by atoms with E-state index in [1.807, 2.05) is 19.2 Å². The Morgan fingerprint density at radius 2 is 2.23 bits per heavy atom. The molecule has 0 atom stereocenters. The van der Waals surface area contributed by atoms with Crippen LogP contribution in [0.5, 0.6) is 0 Å². The number of halogens is 1. The summed E-state index contributed by atoms with van der Waals surface area (Å²) in [5, 5.41) is 8.61. The van der Waals surface area contributed by atoms with Crippen LogP contribution in [0.3, 0.4) is 0 Å². The topological polar surface area (TPSA) is 23.8 Å². The third kappa shape index (κ3) is 2.02. The van der Waals surface area contributed by atoms with E-state index >= 15 is 0 Å². The Labute approximate surface area is 81.6 Å². The van der Waals surface area contributed by atoms with Gasteiger partial charge in [0.05, 0.1) is 5.56 Å². The Kier molecular flexibility index (Phi) is 3.32. The van der Waals surface area contributed by atoms with Gasteiger partial charge in [-0.1, -0.05) is 6.92 Å². The van der Waals surface area contributed by atoms with Crippen LogP contribution in [0.15, 0.2) is 17.0 Å². The average Bonchev–Trinajstić information content (AvgIpc) is 2.17. The molecule has 0 unspecified atom stereocenters. The van der Waals surface area contributed by atoms with E-state index in [9.17, 15) is 4.39 Å². The van der Waals surface area contributed by atoms with Gasteiger partial charge in [0.15, 0.2) is 0 Å². The minimum absolute atomic E-state index is 0.134. The summed E-state index contributed by atoms with van der Waals surface area (Å²) < 4.78 is 13.1. The lowest BCUT2D eigenvalue weighted by atomic mass is 10.1. The summed E-state index contributed by atoms with van der Waals surface area (Å²) in [5.74, 6) is -0.427. The van der Waals surface area contributed by atoms with Gasteiger partial charge in [-0.05, 0) is 30.4 Å². The molecule has 0 saturated carbocycles. The highest BCUT2D eigenvalue weighted by Crippen LogP contribution is 2.24. The summed E-state index contributed by atoms with van der Waals surface area (Å²) in [6, 6.07) is 4.90. The van der Waals surface area contributed by atoms with Gasteiger partial charge < -0.3 is 0 Å². The number of rotatable bonds is 2. The molecule has 0 saturated heterocycles. The van der Waals surface area contributed by atoms with Crippen molar-refractivity contribution in [2.45, 2.75) is 18.2 Å². The normalized spacial score (nSPS) is 9.69. The third-order valence-electron chi connectivity index (χ3n) is 1.87. The SMILES string of the molecule is CCc1cc(C#N)c(F)cc1SC. The van der Waals surface area contributed by atoms with E-state index in [1.54, 1.807) is 6.07 Å². The van der Waals surface area contributed by atoms with Crippen molar-refractivity contribution in [2.75, 3.05) is 6.26 Å². The summed E-state index contributed by atoms with van der Waals surface area (Å²) >= 11 is 1.50. The first-order chi connectivity index (χ1) is 6.22. The van der Waals surface area contributed by atoms with Crippen LogP contribution in [-0.4, -0.2) is 6.26 Å². The van der Waals surface area contributed by atoms with Gasteiger partial charge in [0.2, 0.25) is 0 Å². The molecule has 68 valence electrons. The molecule has 0 amide bonds. The lowest BCUT2D eigenvalue weighted by Gasteiger charge is -2.05. The van der Waals surface area contributed by atoms with Crippen molar-refractivity contribution in [3.05, 3.63) is 29.1 Å². The fraction of sp³-hybridized carbons (Fsp3) is 0.300. The van der Waals surface area contributed by atoms with Crippen LogP contribution in [0.1, 0.15) is 18.1 Å². The molecule has 13 heavy (non-hydrogen) atoms. The number of nitrogens with zero attached hydrogens (tertiary/aromatic N) is 1. The molecule has 0 fully saturated rings. The Hall–Kier alpha value is -1.01. The monoisotopic (exact) mass is 195 g/mol. The predicted octanol–water partition coefficient (Wildman–Crippen LogP) is 2.98. The van der Waals surface area contributed by atoms with Crippen molar-refractivity contribution in [3.8, 4) is 6.07 Å². The predicted molar refractivity (Wildman–Crippen MR) is 52.3 cm³/mol. The van der Waals surface area contributed by atoms with Crippen molar-refractivity contribution < 1.29 is 4.39 Å². The lowest BCUT2D eigenvalue weighted by molar-refractivity contribution is 0.619. The highest BCUT2D eigenvalue weighted by Gasteiger charge is 2.07. The molecule has 1 rings (SSSR count). The summed E-state index contributed by atoms with van der Waals surface area (Å²) in [4.78, 5) is 0.916. The minimum atomic E-state index is -0.427. The molecular formula is C10H10FNS. The molecule has 0 aliphatic carbocycles. The lowest BCUT2D eigenvalue weighted by Crippen LogP contribution is -1.91. The van der Waals surface area contributed by atoms with Gasteiger partial charge in [-0.2, -0.15) is 5.26 Å². The van der Waals surface area contributed by atoms with Gasteiger partial charge in [0, 0.05) is 4.90 Å². The van der Waals surface area contributed by atoms with Crippen molar-refractivity contribution in [3.63, 3.8) is 0 Å². The quantitative estimate of drug-likeness (QED) is 0.677. The van der Waals surface area contributed by atoms with Crippen LogP contribution in [0.4, 0.5) is 4.39 Å². The number of aryl methyl sites for hydroxylation is 1. The fourth-order valence-electron chi connectivity index (χ4n) is 1.15. The highest BCUT2D eigenvalue weighted by atomic mass is 32.2. The van der Waals surface area contributed by atoms with E-state index in [0.717, 1.165) is 16.9 Å². The van der Waals surface area contributed by atoms with E-state index in [1.165, 1.54) is 17.8 Å². The molecule has 1 nitrogen and oxygen atoms in total. The first-order valence-corrected chi connectivity index (χ1v) is 5.22. The van der Waals surface area contributed by atoms with E-state index in [0.29, 0.717) is 0 Å². The Morgan fingerprint density at radius 1 is 1.54 bits per heavy atom. The third-order valence-corrected chi connectivity index (χ3v) is 2.69. The molecular weight excluding hydrogens is 185 g/mol. The summed E-state index contributed by atoms with van der Waals surface area (Å²) in [5.41, 5.74) is 1.17. The van der Waals surface area contributed by atoms with Crippen LogP contribution >= 0.6 is 11.8 Å². The van der Waals surface area contributed by atoms with E-state index in [2.05, 4.69) is 0 Å². The number of nitriles is 1. The van der Waals surface area contributed by atoms with Crippen LogP contribution in [0.25, 0.3) is 0 Å². The number of benzene rings is 1. The average molecular weight is 195 g/mol. The van der Waals surface area contributed by atoms with Crippen LogP contribution in [0.2, 0.25) is 0 Å². The molecule has 0 radical (unpaired) electrons. The molecule has 1 aromatic carbocycles. The van der Waals surface area contributed by atoms with E-state index < -0.39 is 5.82 Å². The van der Waals surface area contributed by atoms with Gasteiger partial charge in [0.1, 0.15) is 11.9 Å². The maximum atomic E-state index is 13.1. The molecule has 1 aromatic rings. The maximum absolute atomic E-state index is 13.1. The van der Waals surface area contributed by atoms with E-state index in [4.69, 9.17) is 5.26 Å². The van der Waals surface area contributed by atoms with Crippen molar-refractivity contribution in [1.82, 2.24) is 0 Å². The summed E-state index contributed by atoms with van der Waals surface area (Å²) in [6.45, 7) is 1.99. The Balaban J connectivity index is 3.28. The van der Waals surface area contributed by atoms with Gasteiger partial charge in [-0.3, -0.25) is 0 Å². The zero-order valence-corrected chi connectivity index (χ0v) is 8.41. The van der Waals surface area contributed by atoms with Crippen LogP contribution in [0, 0.1) is 17.1 Å². The second-order valence-electron chi connectivity index (χ2n) is 2.61. The maximum Gasteiger partial charge on any atom is 0.142 e. The summed E-state index contributed by atoms with van der Waals surface area (Å²) in [6.07, 6.45) is 2.73. The molecule has 0 aromatic heterocycles. The minimum Gasteiger partial charge on any atom is -0.206 e. The fourth-order valence-corrected chi connectivity index (χ4v) is 1.84. The zero-order chi connectivity index (χ0) is 9.84. The molecule has 0 bridgehead atoms. The van der Waals surface area contributed by atoms with Crippen molar-refractivity contribution in [1.29, 1.82) is 5.26 Å². The first kappa shape index (κ1) is 10.1. The largest absolute Gasteiger partial charge is 0.206 e. The van der Waals surface area contributed by atoms with Gasteiger partial charge in [0.25, 0.3) is 0 Å². The molecule has 0 N–H and O–H groups in total. The van der Waals surface area contributed by atoms with Crippen molar-refractivity contribution >= 4 is 11.8 Å². The molecule has 0 aliphatic heterocycles. The van der Waals surface area contributed by atoms with Gasteiger partial charge >= 0.3 is 0 Å². The van der Waals surface area contributed by atoms with Crippen molar-refractivity contribution in [2.24, 2.45) is 0 Å². The zero-order valence-electron chi connectivity index (χ0n) is 7.60. The number of hydrogen-bond acceptors (Lipinski definition) is 2. The summed E-state index contributed by atoms with van der Waals surface area (Å²) in [7, 11) is 0. The highest BCUT2D eigenvalue weighted by molar-refractivity contribution is 7.98. The molecule has 3 heteroatoms. The van der Waals surface area contributed by atoms with E-state index in [-0.39, 0.29) is 5.56 Å². The number of thioether (sulfide) groups is 1. The molecule has 0 heterocycles. The Morgan fingerprint density at radius 3 is 2.69 bits per heavy atom. The van der Waals surface area contributed by atoms with Gasteiger partial charge in [-0.25, -0.2) is 4.39 Å². The standard InChI is InChI=1S/C10H10FNS/c1-3-7-4-8(6-12)9(11)5-10(7)13-2/h4-5H,3H2,1-2H3. The van der Waals surface area contributed by atoms with Crippen LogP contribution < -0.4 is 0 Å². The van der Waals surface area contributed by atoms with Crippen LogP contribution in [-0.2, 0) is 6.42 Å². The molecule has 0 aliphatic rings. The molecule has 0 spiro atoms. The second-order valence-corrected chi connectivity index (χ2v) is 3.46. The van der Waals surface area contributed by atoms with Gasteiger partial charge in [-0.15, -0.1) is 11.8 Å². The Bertz CT molecular complexity index is 355. The second kappa shape index (κ2) is 4.29. The number of hydrogen-bond donors (Lipinski definition) is 0.